The minimum Gasteiger partial charge on any atom is -0.457 e. The van der Waals surface area contributed by atoms with Gasteiger partial charge in [0.1, 0.15) is 5.75 Å². The standard InChI is InChI=1S/C8H9OP/c1-6-3-7(2)5-8(4-6)9-10/h3-5H,1-2H3. The molecule has 0 aliphatic heterocycles. The van der Waals surface area contributed by atoms with Crippen LogP contribution in [0.1, 0.15) is 11.1 Å². The lowest BCUT2D eigenvalue weighted by molar-refractivity contribution is 0.644. The first-order valence-electron chi connectivity index (χ1n) is 3.12. The summed E-state index contributed by atoms with van der Waals surface area (Å²) in [4.78, 5) is 0. The van der Waals surface area contributed by atoms with Crippen molar-refractivity contribution in [2.45, 2.75) is 13.8 Å². The number of hydrogen-bond acceptors (Lipinski definition) is 1. The first-order valence-corrected chi connectivity index (χ1v) is 3.48. The highest BCUT2D eigenvalue weighted by molar-refractivity contribution is 7.10. The first-order chi connectivity index (χ1) is 4.72. The molecular formula is C8H9OP. The number of rotatable bonds is 1. The van der Waals surface area contributed by atoms with E-state index in [1.165, 1.54) is 11.1 Å². The summed E-state index contributed by atoms with van der Waals surface area (Å²) < 4.78 is 4.77. The van der Waals surface area contributed by atoms with Gasteiger partial charge in [-0.05, 0) is 37.1 Å². The average molecular weight is 152 g/mol. The molecule has 10 heavy (non-hydrogen) atoms. The number of benzene rings is 1. The van der Waals surface area contributed by atoms with E-state index in [4.69, 9.17) is 4.52 Å². The smallest absolute Gasteiger partial charge is 0.232 e. The van der Waals surface area contributed by atoms with E-state index in [-0.39, 0.29) is 0 Å². The van der Waals surface area contributed by atoms with E-state index in [9.17, 15) is 0 Å². The third-order valence-corrected chi connectivity index (χ3v) is 1.51. The molecule has 0 aliphatic carbocycles. The van der Waals surface area contributed by atoms with Crippen LogP contribution in [0.2, 0.25) is 0 Å². The van der Waals surface area contributed by atoms with Crippen LogP contribution in [0.4, 0.5) is 0 Å². The van der Waals surface area contributed by atoms with E-state index in [2.05, 4.69) is 15.5 Å². The molecule has 0 spiro atoms. The monoisotopic (exact) mass is 152 g/mol. The molecule has 0 unspecified atom stereocenters. The molecule has 0 fully saturated rings. The van der Waals surface area contributed by atoms with Crippen LogP contribution in [0.3, 0.4) is 0 Å². The van der Waals surface area contributed by atoms with Gasteiger partial charge in [-0.2, -0.15) is 0 Å². The van der Waals surface area contributed by atoms with Crippen LogP contribution in [0, 0.1) is 13.8 Å². The highest BCUT2D eigenvalue weighted by Crippen LogP contribution is 2.17. The minimum atomic E-state index is 0.806. The summed E-state index contributed by atoms with van der Waals surface area (Å²) in [6.45, 7) is 4.06. The fourth-order valence-electron chi connectivity index (χ4n) is 0.986. The van der Waals surface area contributed by atoms with Crippen LogP contribution in [0.15, 0.2) is 18.2 Å². The quantitative estimate of drug-likeness (QED) is 0.562. The Hall–Kier alpha value is -0.550. The van der Waals surface area contributed by atoms with Gasteiger partial charge in [-0.3, -0.25) is 0 Å². The Bertz CT molecular complexity index is 212. The maximum absolute atomic E-state index is 4.77. The van der Waals surface area contributed by atoms with E-state index in [0.717, 1.165) is 5.75 Å². The van der Waals surface area contributed by atoms with Gasteiger partial charge in [0.15, 0.2) is 0 Å². The van der Waals surface area contributed by atoms with Crippen molar-refractivity contribution in [3.63, 3.8) is 0 Å². The summed E-state index contributed by atoms with van der Waals surface area (Å²) in [5.74, 6) is 0.806. The zero-order valence-corrected chi connectivity index (χ0v) is 6.98. The Morgan fingerprint density at radius 1 is 1.10 bits per heavy atom. The van der Waals surface area contributed by atoms with Gasteiger partial charge in [0, 0.05) is 0 Å². The lowest BCUT2D eigenvalue weighted by atomic mass is 10.1. The Kier molecular flexibility index (Phi) is 2.29. The van der Waals surface area contributed by atoms with Crippen LogP contribution in [-0.2, 0) is 0 Å². The normalized spacial score (nSPS) is 9.50. The van der Waals surface area contributed by atoms with Gasteiger partial charge in [0.25, 0.3) is 0 Å². The molecule has 2 radical (unpaired) electrons. The molecule has 0 saturated carbocycles. The molecule has 1 nitrogen and oxygen atoms in total. The second-order valence-corrected chi connectivity index (χ2v) is 2.60. The van der Waals surface area contributed by atoms with Gasteiger partial charge in [-0.15, -0.1) is 0 Å². The van der Waals surface area contributed by atoms with Crippen molar-refractivity contribution in [2.24, 2.45) is 0 Å². The van der Waals surface area contributed by atoms with Crippen LogP contribution in [0.5, 0.6) is 5.75 Å². The SMILES string of the molecule is Cc1cc(C)cc(O[P])c1. The van der Waals surface area contributed by atoms with Gasteiger partial charge < -0.3 is 4.52 Å². The molecule has 1 rings (SSSR count). The van der Waals surface area contributed by atoms with Gasteiger partial charge >= 0.3 is 0 Å². The van der Waals surface area contributed by atoms with Crippen LogP contribution in [0.25, 0.3) is 0 Å². The maximum Gasteiger partial charge on any atom is 0.232 e. The van der Waals surface area contributed by atoms with Gasteiger partial charge in [0.2, 0.25) is 9.47 Å². The van der Waals surface area contributed by atoms with Gasteiger partial charge in [0.05, 0.1) is 0 Å². The second-order valence-electron chi connectivity index (χ2n) is 2.41. The molecule has 0 saturated heterocycles. The molecule has 0 heterocycles. The molecule has 0 atom stereocenters. The Morgan fingerprint density at radius 2 is 1.60 bits per heavy atom. The van der Waals surface area contributed by atoms with Crippen molar-refractivity contribution in [3.05, 3.63) is 29.3 Å². The van der Waals surface area contributed by atoms with Crippen molar-refractivity contribution >= 4 is 9.47 Å². The summed E-state index contributed by atoms with van der Waals surface area (Å²) in [5, 5.41) is 0. The van der Waals surface area contributed by atoms with Crippen molar-refractivity contribution in [1.82, 2.24) is 0 Å². The molecule has 0 aromatic heterocycles. The highest BCUT2D eigenvalue weighted by Gasteiger charge is 1.92. The second kappa shape index (κ2) is 3.03. The highest BCUT2D eigenvalue weighted by atomic mass is 31.0. The Balaban J connectivity index is 3.06. The number of aryl methyl sites for hydroxylation is 2. The van der Waals surface area contributed by atoms with Crippen molar-refractivity contribution < 1.29 is 4.52 Å². The van der Waals surface area contributed by atoms with E-state index in [1.807, 2.05) is 26.0 Å². The average Bonchev–Trinajstić information content (AvgIpc) is 1.85. The van der Waals surface area contributed by atoms with Crippen molar-refractivity contribution in [2.75, 3.05) is 0 Å². The maximum atomic E-state index is 4.77. The van der Waals surface area contributed by atoms with Crippen molar-refractivity contribution in [3.8, 4) is 5.75 Å². The molecule has 0 bridgehead atoms. The minimum absolute atomic E-state index is 0.806. The third kappa shape index (κ3) is 1.71. The lowest BCUT2D eigenvalue weighted by Crippen LogP contribution is -1.79. The van der Waals surface area contributed by atoms with E-state index in [0.29, 0.717) is 0 Å². The van der Waals surface area contributed by atoms with Gasteiger partial charge in [-0.25, -0.2) is 0 Å². The van der Waals surface area contributed by atoms with Gasteiger partial charge in [-0.1, -0.05) is 6.07 Å². The molecule has 0 N–H and O–H groups in total. The predicted molar refractivity (Wildman–Crippen MR) is 43.5 cm³/mol. The van der Waals surface area contributed by atoms with E-state index >= 15 is 0 Å². The lowest BCUT2D eigenvalue weighted by Gasteiger charge is -2.00. The predicted octanol–water partition coefficient (Wildman–Crippen LogP) is 3.01. The topological polar surface area (TPSA) is 9.23 Å². The zero-order chi connectivity index (χ0) is 7.56. The molecule has 1 aromatic carbocycles. The fraction of sp³-hybridized carbons (Fsp3) is 0.250. The Labute approximate surface area is 63.7 Å². The Morgan fingerprint density at radius 3 is 2.00 bits per heavy atom. The summed E-state index contributed by atoms with van der Waals surface area (Å²) >= 11 is 0. The largest absolute Gasteiger partial charge is 0.457 e. The summed E-state index contributed by atoms with van der Waals surface area (Å²) in [5.41, 5.74) is 2.40. The molecular weight excluding hydrogens is 143 g/mol. The van der Waals surface area contributed by atoms with Crippen LogP contribution < -0.4 is 4.52 Å². The third-order valence-electron chi connectivity index (χ3n) is 1.30. The van der Waals surface area contributed by atoms with E-state index in [1.54, 1.807) is 0 Å². The number of hydrogen-bond donors (Lipinski definition) is 0. The molecule has 2 heteroatoms. The summed E-state index contributed by atoms with van der Waals surface area (Å²) in [7, 11) is 3.70. The molecule has 52 valence electrons. The summed E-state index contributed by atoms with van der Waals surface area (Å²) in [6, 6.07) is 5.98. The zero-order valence-electron chi connectivity index (χ0n) is 6.09. The fourth-order valence-corrected chi connectivity index (χ4v) is 1.09. The molecule has 1 aromatic rings. The van der Waals surface area contributed by atoms with Crippen LogP contribution in [-0.4, -0.2) is 0 Å². The first kappa shape index (κ1) is 7.56. The van der Waals surface area contributed by atoms with Crippen molar-refractivity contribution in [1.29, 1.82) is 0 Å². The molecule has 0 amide bonds. The van der Waals surface area contributed by atoms with E-state index < -0.39 is 0 Å². The molecule has 0 aliphatic rings. The van der Waals surface area contributed by atoms with Crippen LogP contribution >= 0.6 is 9.47 Å². The summed E-state index contributed by atoms with van der Waals surface area (Å²) in [6.07, 6.45) is 0.